The number of halogens is 2. The first-order valence-electron chi connectivity index (χ1n) is 6.34. The van der Waals surface area contributed by atoms with E-state index in [1.807, 2.05) is 13.0 Å². The molecule has 4 heteroatoms. The predicted molar refractivity (Wildman–Crippen MR) is 74.1 cm³/mol. The van der Waals surface area contributed by atoms with Crippen molar-refractivity contribution in [2.24, 2.45) is 0 Å². The molecule has 0 saturated heterocycles. The molecule has 1 saturated carbocycles. The molecule has 2 nitrogen and oxygen atoms in total. The molecular formula is C14H19BrFNO. The lowest BCUT2D eigenvalue weighted by Crippen LogP contribution is -2.30. The van der Waals surface area contributed by atoms with Gasteiger partial charge in [-0.2, -0.15) is 0 Å². The number of methoxy groups -OCH3 is 1. The van der Waals surface area contributed by atoms with Crippen LogP contribution < -0.4 is 5.32 Å². The smallest absolute Gasteiger partial charge is 0.128 e. The highest BCUT2D eigenvalue weighted by molar-refractivity contribution is 9.10. The molecule has 1 aliphatic rings. The van der Waals surface area contributed by atoms with Gasteiger partial charge in [-0.15, -0.1) is 0 Å². The number of benzene rings is 1. The second-order valence-corrected chi connectivity index (χ2v) is 5.84. The Morgan fingerprint density at radius 1 is 1.44 bits per heavy atom. The van der Waals surface area contributed by atoms with Gasteiger partial charge in [0.2, 0.25) is 0 Å². The molecule has 3 atom stereocenters. The molecule has 1 N–H and O–H groups in total. The Kier molecular flexibility index (Phi) is 4.76. The van der Waals surface area contributed by atoms with Crippen LogP contribution in [0.1, 0.15) is 37.8 Å². The van der Waals surface area contributed by atoms with Crippen LogP contribution >= 0.6 is 15.9 Å². The Morgan fingerprint density at radius 3 is 2.89 bits per heavy atom. The monoisotopic (exact) mass is 315 g/mol. The predicted octanol–water partition coefficient (Wildman–Crippen LogP) is 3.81. The first-order valence-corrected chi connectivity index (χ1v) is 7.13. The maximum atomic E-state index is 13.8. The van der Waals surface area contributed by atoms with Gasteiger partial charge in [0.05, 0.1) is 6.10 Å². The second-order valence-electron chi connectivity index (χ2n) is 4.92. The zero-order chi connectivity index (χ0) is 13.1. The third-order valence-corrected chi connectivity index (χ3v) is 4.12. The molecule has 18 heavy (non-hydrogen) atoms. The van der Waals surface area contributed by atoms with Crippen molar-refractivity contribution in [1.29, 1.82) is 0 Å². The molecule has 2 rings (SSSR count). The number of ether oxygens (including phenoxy) is 1. The fraction of sp³-hybridized carbons (Fsp3) is 0.571. The lowest BCUT2D eigenvalue weighted by atomic mass is 10.1. The molecule has 3 unspecified atom stereocenters. The minimum atomic E-state index is -0.153. The number of hydrogen-bond donors (Lipinski definition) is 1. The molecule has 0 radical (unpaired) electrons. The highest BCUT2D eigenvalue weighted by Crippen LogP contribution is 2.26. The van der Waals surface area contributed by atoms with Crippen LogP contribution in [0.25, 0.3) is 0 Å². The third kappa shape index (κ3) is 3.31. The average Bonchev–Trinajstić information content (AvgIpc) is 2.80. The molecule has 1 aliphatic carbocycles. The highest BCUT2D eigenvalue weighted by Gasteiger charge is 2.26. The Morgan fingerprint density at radius 2 is 2.22 bits per heavy atom. The van der Waals surface area contributed by atoms with Crippen molar-refractivity contribution in [1.82, 2.24) is 5.32 Å². The normalized spacial score (nSPS) is 25.3. The van der Waals surface area contributed by atoms with Gasteiger partial charge in [-0.25, -0.2) is 4.39 Å². The quantitative estimate of drug-likeness (QED) is 0.912. The molecule has 0 heterocycles. The minimum absolute atomic E-state index is 0.0168. The van der Waals surface area contributed by atoms with Gasteiger partial charge in [-0.1, -0.05) is 15.9 Å². The zero-order valence-corrected chi connectivity index (χ0v) is 12.3. The van der Waals surface area contributed by atoms with E-state index in [1.165, 1.54) is 6.07 Å². The summed E-state index contributed by atoms with van der Waals surface area (Å²) < 4.78 is 20.0. The van der Waals surface area contributed by atoms with Crippen LogP contribution in [0, 0.1) is 5.82 Å². The maximum absolute atomic E-state index is 13.8. The number of nitrogens with one attached hydrogen (secondary N) is 1. The molecule has 1 aromatic rings. The minimum Gasteiger partial charge on any atom is -0.381 e. The zero-order valence-electron chi connectivity index (χ0n) is 10.7. The summed E-state index contributed by atoms with van der Waals surface area (Å²) in [5, 5.41) is 3.49. The lowest BCUT2D eigenvalue weighted by molar-refractivity contribution is 0.106. The van der Waals surface area contributed by atoms with E-state index in [4.69, 9.17) is 4.74 Å². The molecule has 1 aromatic carbocycles. The highest BCUT2D eigenvalue weighted by atomic mass is 79.9. The van der Waals surface area contributed by atoms with E-state index in [2.05, 4.69) is 21.2 Å². The van der Waals surface area contributed by atoms with Crippen molar-refractivity contribution in [3.8, 4) is 0 Å². The number of rotatable bonds is 4. The Balaban J connectivity index is 1.99. The molecule has 100 valence electrons. The van der Waals surface area contributed by atoms with Crippen molar-refractivity contribution in [3.05, 3.63) is 34.1 Å². The first kappa shape index (κ1) is 14.0. The van der Waals surface area contributed by atoms with E-state index in [9.17, 15) is 4.39 Å². The largest absolute Gasteiger partial charge is 0.381 e. The Labute approximate surface area is 116 Å². The van der Waals surface area contributed by atoms with Crippen LogP contribution in [0.5, 0.6) is 0 Å². The standard InChI is InChI=1S/C14H19BrFNO/c1-9(13-7-10(15)3-6-14(13)16)17-11-4-5-12(8-11)18-2/h3,6-7,9,11-12,17H,4-5,8H2,1-2H3. The molecule has 0 spiro atoms. The van der Waals surface area contributed by atoms with Crippen LogP contribution in [-0.4, -0.2) is 19.3 Å². The van der Waals surface area contributed by atoms with Gasteiger partial charge < -0.3 is 10.1 Å². The SMILES string of the molecule is COC1CCC(NC(C)c2cc(Br)ccc2F)C1. The van der Waals surface area contributed by atoms with Crippen LogP contribution in [-0.2, 0) is 4.74 Å². The fourth-order valence-corrected chi connectivity index (χ4v) is 2.97. The van der Waals surface area contributed by atoms with E-state index in [0.29, 0.717) is 17.7 Å². The summed E-state index contributed by atoms with van der Waals surface area (Å²) in [5.74, 6) is -0.153. The van der Waals surface area contributed by atoms with Gasteiger partial charge in [0.1, 0.15) is 5.82 Å². The van der Waals surface area contributed by atoms with E-state index in [0.717, 1.165) is 23.7 Å². The van der Waals surface area contributed by atoms with Crippen molar-refractivity contribution in [2.75, 3.05) is 7.11 Å². The lowest BCUT2D eigenvalue weighted by Gasteiger charge is -2.20. The molecule has 0 amide bonds. The van der Waals surface area contributed by atoms with E-state index < -0.39 is 0 Å². The third-order valence-electron chi connectivity index (χ3n) is 3.63. The molecule has 0 aliphatic heterocycles. The van der Waals surface area contributed by atoms with Crippen molar-refractivity contribution in [3.63, 3.8) is 0 Å². The average molecular weight is 316 g/mol. The summed E-state index contributed by atoms with van der Waals surface area (Å²) in [7, 11) is 1.75. The molecule has 0 bridgehead atoms. The number of hydrogen-bond acceptors (Lipinski definition) is 2. The summed E-state index contributed by atoms with van der Waals surface area (Å²) in [6, 6.07) is 5.51. The van der Waals surface area contributed by atoms with Crippen LogP contribution in [0.4, 0.5) is 4.39 Å². The molecular weight excluding hydrogens is 297 g/mol. The Bertz CT molecular complexity index is 413. The fourth-order valence-electron chi connectivity index (χ4n) is 2.60. The molecule has 0 aromatic heterocycles. The van der Waals surface area contributed by atoms with Crippen LogP contribution in [0.3, 0.4) is 0 Å². The maximum Gasteiger partial charge on any atom is 0.128 e. The molecule has 1 fully saturated rings. The van der Waals surface area contributed by atoms with Gasteiger partial charge in [-0.3, -0.25) is 0 Å². The van der Waals surface area contributed by atoms with Crippen molar-refractivity contribution in [2.45, 2.75) is 44.4 Å². The summed E-state index contributed by atoms with van der Waals surface area (Å²) >= 11 is 3.38. The van der Waals surface area contributed by atoms with E-state index in [-0.39, 0.29) is 11.9 Å². The van der Waals surface area contributed by atoms with Gasteiger partial charge in [0, 0.05) is 29.2 Å². The van der Waals surface area contributed by atoms with Crippen molar-refractivity contribution >= 4 is 15.9 Å². The van der Waals surface area contributed by atoms with Crippen molar-refractivity contribution < 1.29 is 9.13 Å². The first-order chi connectivity index (χ1) is 8.60. The second kappa shape index (κ2) is 6.13. The van der Waals surface area contributed by atoms with E-state index in [1.54, 1.807) is 13.2 Å². The van der Waals surface area contributed by atoms with Crippen LogP contribution in [0.2, 0.25) is 0 Å². The van der Waals surface area contributed by atoms with Crippen LogP contribution in [0.15, 0.2) is 22.7 Å². The van der Waals surface area contributed by atoms with Gasteiger partial charge in [0.15, 0.2) is 0 Å². The topological polar surface area (TPSA) is 21.3 Å². The Hall–Kier alpha value is -0.450. The summed E-state index contributed by atoms with van der Waals surface area (Å²) in [4.78, 5) is 0. The van der Waals surface area contributed by atoms with E-state index >= 15 is 0 Å². The summed E-state index contributed by atoms with van der Waals surface area (Å²) in [6.45, 7) is 2.00. The van der Waals surface area contributed by atoms with Gasteiger partial charge in [0.25, 0.3) is 0 Å². The van der Waals surface area contributed by atoms with Gasteiger partial charge >= 0.3 is 0 Å². The van der Waals surface area contributed by atoms with Gasteiger partial charge in [-0.05, 0) is 44.4 Å². The summed E-state index contributed by atoms with van der Waals surface area (Å²) in [6.07, 6.45) is 3.54. The summed E-state index contributed by atoms with van der Waals surface area (Å²) in [5.41, 5.74) is 0.713.